The van der Waals surface area contributed by atoms with Crippen LogP contribution in [0, 0.1) is 0 Å². The van der Waals surface area contributed by atoms with Gasteiger partial charge in [-0.25, -0.2) is 0 Å². The number of ether oxygens (including phenoxy) is 1. The largest absolute Gasteiger partial charge is 0.484 e. The maximum atomic E-state index is 13.0. The van der Waals surface area contributed by atoms with Crippen LogP contribution in [0.2, 0.25) is 5.02 Å². The molecule has 2 aromatic rings. The topological polar surface area (TPSA) is 58.6 Å². The van der Waals surface area contributed by atoms with Crippen LogP contribution in [0.25, 0.3) is 0 Å². The van der Waals surface area contributed by atoms with Gasteiger partial charge in [0.25, 0.3) is 5.91 Å². The fourth-order valence-corrected chi connectivity index (χ4v) is 3.15. The van der Waals surface area contributed by atoms with Gasteiger partial charge in [0.15, 0.2) is 6.61 Å². The highest BCUT2D eigenvalue weighted by Gasteiger charge is 2.28. The molecule has 30 heavy (non-hydrogen) atoms. The van der Waals surface area contributed by atoms with Crippen molar-refractivity contribution in [2.45, 2.75) is 59.2 Å². The molecule has 5 nitrogen and oxygen atoms in total. The number of hydrogen-bond acceptors (Lipinski definition) is 3. The van der Waals surface area contributed by atoms with Gasteiger partial charge >= 0.3 is 0 Å². The molecule has 0 spiro atoms. The van der Waals surface area contributed by atoms with E-state index in [4.69, 9.17) is 16.3 Å². The summed E-state index contributed by atoms with van der Waals surface area (Å²) in [5, 5.41) is 3.52. The van der Waals surface area contributed by atoms with Gasteiger partial charge in [-0.3, -0.25) is 9.59 Å². The van der Waals surface area contributed by atoms with Gasteiger partial charge < -0.3 is 15.0 Å². The highest BCUT2D eigenvalue weighted by molar-refractivity contribution is 6.30. The van der Waals surface area contributed by atoms with E-state index in [-0.39, 0.29) is 25.0 Å². The van der Waals surface area contributed by atoms with Crippen LogP contribution in [-0.4, -0.2) is 34.9 Å². The van der Waals surface area contributed by atoms with E-state index in [1.165, 1.54) is 10.5 Å². The molecule has 2 aromatic carbocycles. The number of aryl methyl sites for hydroxylation is 1. The van der Waals surface area contributed by atoms with E-state index in [0.717, 1.165) is 12.0 Å². The predicted octanol–water partition coefficient (Wildman–Crippen LogP) is 4.61. The summed E-state index contributed by atoms with van der Waals surface area (Å²) < 4.78 is 5.69. The van der Waals surface area contributed by atoms with Crippen LogP contribution in [0.1, 0.15) is 45.7 Å². The van der Waals surface area contributed by atoms with Crippen LogP contribution in [0.15, 0.2) is 48.5 Å². The van der Waals surface area contributed by atoms with E-state index >= 15 is 0 Å². The number of nitrogens with zero attached hydrogens (tertiary/aromatic N) is 1. The van der Waals surface area contributed by atoms with Crippen molar-refractivity contribution in [1.82, 2.24) is 10.2 Å². The van der Waals surface area contributed by atoms with Crippen molar-refractivity contribution in [3.8, 4) is 5.75 Å². The molecule has 162 valence electrons. The molecular formula is C24H31ClN2O3. The average molecular weight is 431 g/mol. The lowest BCUT2D eigenvalue weighted by atomic mass is 10.1. The molecule has 1 atom stereocenters. The average Bonchev–Trinajstić information content (AvgIpc) is 2.69. The zero-order chi connectivity index (χ0) is 22.3. The molecule has 1 N–H and O–H groups in total. The number of halogens is 1. The van der Waals surface area contributed by atoms with Crippen molar-refractivity contribution in [3.05, 3.63) is 64.7 Å². The number of amides is 2. The minimum atomic E-state index is -0.665. The second kappa shape index (κ2) is 10.5. The molecule has 0 saturated heterocycles. The van der Waals surface area contributed by atoms with E-state index in [2.05, 4.69) is 12.2 Å². The monoisotopic (exact) mass is 430 g/mol. The van der Waals surface area contributed by atoms with E-state index in [9.17, 15) is 9.59 Å². The maximum absolute atomic E-state index is 13.0. The SMILES string of the molecule is CCc1ccc(OCC(=O)N(Cc2cccc(Cl)c2)[C@@H](C)C(=O)NC(C)(C)C)cc1. The Kier molecular flexibility index (Phi) is 8.30. The molecule has 2 amide bonds. The summed E-state index contributed by atoms with van der Waals surface area (Å²) in [5.74, 6) is 0.131. The Morgan fingerprint density at radius 1 is 1.10 bits per heavy atom. The number of benzene rings is 2. The van der Waals surface area contributed by atoms with Gasteiger partial charge in [-0.15, -0.1) is 0 Å². The van der Waals surface area contributed by atoms with Crippen LogP contribution < -0.4 is 10.1 Å². The third kappa shape index (κ3) is 7.38. The second-order valence-corrected chi connectivity index (χ2v) is 8.79. The lowest BCUT2D eigenvalue weighted by Gasteiger charge is -2.31. The van der Waals surface area contributed by atoms with Crippen molar-refractivity contribution in [2.75, 3.05) is 6.61 Å². The summed E-state index contributed by atoms with van der Waals surface area (Å²) in [6, 6.07) is 14.3. The summed E-state index contributed by atoms with van der Waals surface area (Å²) >= 11 is 6.10. The van der Waals surface area contributed by atoms with Crippen molar-refractivity contribution in [3.63, 3.8) is 0 Å². The number of hydrogen-bond donors (Lipinski definition) is 1. The molecule has 0 radical (unpaired) electrons. The third-order valence-electron chi connectivity index (χ3n) is 4.60. The number of nitrogens with one attached hydrogen (secondary N) is 1. The molecule has 0 aromatic heterocycles. The van der Waals surface area contributed by atoms with Crippen LogP contribution in [-0.2, 0) is 22.6 Å². The molecule has 2 rings (SSSR count). The van der Waals surface area contributed by atoms with Gasteiger partial charge in [0.2, 0.25) is 5.91 Å². The minimum absolute atomic E-state index is 0.154. The summed E-state index contributed by atoms with van der Waals surface area (Å²) in [6.45, 7) is 9.63. The first-order valence-corrected chi connectivity index (χ1v) is 10.5. The number of carbonyl (C=O) groups excluding carboxylic acids is 2. The van der Waals surface area contributed by atoms with E-state index in [0.29, 0.717) is 10.8 Å². The Bertz CT molecular complexity index is 859. The molecule has 0 aliphatic heterocycles. The molecule has 0 bridgehead atoms. The van der Waals surface area contributed by atoms with Gasteiger partial charge in [0.05, 0.1) is 0 Å². The van der Waals surface area contributed by atoms with Crippen LogP contribution in [0.3, 0.4) is 0 Å². The third-order valence-corrected chi connectivity index (χ3v) is 4.84. The van der Waals surface area contributed by atoms with Gasteiger partial charge in [-0.05, 0) is 69.5 Å². The fourth-order valence-electron chi connectivity index (χ4n) is 2.94. The Morgan fingerprint density at radius 2 is 1.77 bits per heavy atom. The Labute approximate surface area is 184 Å². The van der Waals surface area contributed by atoms with E-state index < -0.39 is 11.6 Å². The van der Waals surface area contributed by atoms with Crippen molar-refractivity contribution >= 4 is 23.4 Å². The van der Waals surface area contributed by atoms with E-state index in [1.54, 1.807) is 19.1 Å². The zero-order valence-corrected chi connectivity index (χ0v) is 19.1. The predicted molar refractivity (Wildman–Crippen MR) is 121 cm³/mol. The number of rotatable bonds is 8. The Hall–Kier alpha value is -2.53. The summed E-state index contributed by atoms with van der Waals surface area (Å²) in [5.41, 5.74) is 1.65. The molecular weight excluding hydrogens is 400 g/mol. The fraction of sp³-hybridized carbons (Fsp3) is 0.417. The summed E-state index contributed by atoms with van der Waals surface area (Å²) in [4.78, 5) is 27.3. The normalized spacial score (nSPS) is 12.2. The zero-order valence-electron chi connectivity index (χ0n) is 18.4. The molecule has 6 heteroatoms. The number of carbonyl (C=O) groups is 2. The van der Waals surface area contributed by atoms with Crippen LogP contribution >= 0.6 is 11.6 Å². The molecule has 0 aliphatic carbocycles. The first kappa shape index (κ1) is 23.7. The quantitative estimate of drug-likeness (QED) is 0.665. The van der Waals surface area contributed by atoms with Crippen molar-refractivity contribution in [2.24, 2.45) is 0 Å². The first-order valence-electron chi connectivity index (χ1n) is 10.2. The standard InChI is InChI=1S/C24H31ClN2O3/c1-6-18-10-12-21(13-11-18)30-16-22(28)27(15-19-8-7-9-20(25)14-19)17(2)23(29)26-24(3,4)5/h7-14,17H,6,15-16H2,1-5H3,(H,26,29)/t17-/m0/s1. The molecule has 0 saturated carbocycles. The smallest absolute Gasteiger partial charge is 0.261 e. The lowest BCUT2D eigenvalue weighted by molar-refractivity contribution is -0.142. The molecule has 0 heterocycles. The first-order chi connectivity index (χ1) is 14.1. The molecule has 0 unspecified atom stereocenters. The van der Waals surface area contributed by atoms with Gasteiger partial charge in [0.1, 0.15) is 11.8 Å². The van der Waals surface area contributed by atoms with Crippen LogP contribution in [0.5, 0.6) is 5.75 Å². The molecule has 0 aliphatic rings. The summed E-state index contributed by atoms with van der Waals surface area (Å²) in [6.07, 6.45) is 0.938. The van der Waals surface area contributed by atoms with Gasteiger partial charge in [0, 0.05) is 17.1 Å². The van der Waals surface area contributed by atoms with Crippen molar-refractivity contribution in [1.29, 1.82) is 0 Å². The van der Waals surface area contributed by atoms with Gasteiger partial charge in [-0.2, -0.15) is 0 Å². The second-order valence-electron chi connectivity index (χ2n) is 8.35. The lowest BCUT2D eigenvalue weighted by Crippen LogP contribution is -2.53. The highest BCUT2D eigenvalue weighted by atomic mass is 35.5. The molecule has 0 fully saturated rings. The van der Waals surface area contributed by atoms with Gasteiger partial charge in [-0.1, -0.05) is 42.8 Å². The van der Waals surface area contributed by atoms with Crippen LogP contribution in [0.4, 0.5) is 0 Å². The van der Waals surface area contributed by atoms with Crippen molar-refractivity contribution < 1.29 is 14.3 Å². The summed E-state index contributed by atoms with van der Waals surface area (Å²) in [7, 11) is 0. The Morgan fingerprint density at radius 3 is 2.33 bits per heavy atom. The van der Waals surface area contributed by atoms with E-state index in [1.807, 2.05) is 57.2 Å². The minimum Gasteiger partial charge on any atom is -0.484 e. The highest BCUT2D eigenvalue weighted by Crippen LogP contribution is 2.17. The maximum Gasteiger partial charge on any atom is 0.261 e. The Balaban J connectivity index is 2.15.